The van der Waals surface area contributed by atoms with Crippen molar-refractivity contribution in [2.24, 2.45) is 0 Å². The molecule has 0 radical (unpaired) electrons. The van der Waals surface area contributed by atoms with Crippen LogP contribution in [0.1, 0.15) is 56.0 Å². The number of thiazole rings is 1. The van der Waals surface area contributed by atoms with Crippen LogP contribution >= 0.6 is 11.3 Å². The van der Waals surface area contributed by atoms with Crippen molar-refractivity contribution in [1.82, 2.24) is 25.1 Å². The number of hydrogen-bond acceptors (Lipinski definition) is 8. The summed E-state index contributed by atoms with van der Waals surface area (Å²) in [5.41, 5.74) is 3.30. The standard InChI is InChI=1S/C21H26N8OS/c1-12(2)15-11-17(28-27-15)24-18-13-5-3-6-14(13)23-20(25-18)29-9-4-7-16(29)19(30)26-21-22-8-10-31-21/h8,10-12,16H,3-7,9H2,1-2H3,(H,22,26,30)(H2,23,24,25,27,28)/t16-/m0/s1. The van der Waals surface area contributed by atoms with E-state index < -0.39 is 0 Å². The number of amides is 1. The van der Waals surface area contributed by atoms with Crippen molar-refractivity contribution in [2.75, 3.05) is 22.1 Å². The van der Waals surface area contributed by atoms with E-state index in [1.165, 1.54) is 11.3 Å². The van der Waals surface area contributed by atoms with E-state index in [9.17, 15) is 4.79 Å². The fraction of sp³-hybridized carbons (Fsp3) is 0.476. The molecule has 4 heterocycles. The van der Waals surface area contributed by atoms with Crippen LogP contribution in [0.4, 0.5) is 22.7 Å². The predicted octanol–water partition coefficient (Wildman–Crippen LogP) is 3.62. The zero-order valence-corrected chi connectivity index (χ0v) is 18.5. The van der Waals surface area contributed by atoms with Crippen LogP contribution in [0, 0.1) is 0 Å². The van der Waals surface area contributed by atoms with Crippen LogP contribution < -0.4 is 15.5 Å². The van der Waals surface area contributed by atoms with E-state index in [2.05, 4.69) is 39.7 Å². The maximum Gasteiger partial charge on any atom is 0.248 e. The van der Waals surface area contributed by atoms with Gasteiger partial charge in [0.25, 0.3) is 0 Å². The number of nitrogens with zero attached hydrogens (tertiary/aromatic N) is 5. The van der Waals surface area contributed by atoms with E-state index in [4.69, 9.17) is 9.97 Å². The molecule has 1 amide bonds. The lowest BCUT2D eigenvalue weighted by Gasteiger charge is -2.24. The molecule has 31 heavy (non-hydrogen) atoms. The van der Waals surface area contributed by atoms with Crippen molar-refractivity contribution in [2.45, 2.75) is 57.9 Å². The topological polar surface area (TPSA) is 112 Å². The lowest BCUT2D eigenvalue weighted by atomic mass is 10.1. The number of carbonyl (C=O) groups is 1. The zero-order chi connectivity index (χ0) is 21.4. The van der Waals surface area contributed by atoms with Gasteiger partial charge in [-0.2, -0.15) is 10.1 Å². The number of hydrogen-bond donors (Lipinski definition) is 3. The van der Waals surface area contributed by atoms with Crippen molar-refractivity contribution in [1.29, 1.82) is 0 Å². The van der Waals surface area contributed by atoms with Crippen molar-refractivity contribution in [3.8, 4) is 0 Å². The molecule has 0 bridgehead atoms. The summed E-state index contributed by atoms with van der Waals surface area (Å²) in [5.74, 6) is 2.48. The minimum Gasteiger partial charge on any atom is -0.329 e. The first kappa shape index (κ1) is 19.9. The zero-order valence-electron chi connectivity index (χ0n) is 17.7. The Morgan fingerprint density at radius 2 is 2.19 bits per heavy atom. The molecule has 1 fully saturated rings. The molecule has 0 spiro atoms. The average molecular weight is 439 g/mol. The van der Waals surface area contributed by atoms with E-state index in [0.29, 0.717) is 17.0 Å². The van der Waals surface area contributed by atoms with E-state index in [1.54, 1.807) is 6.20 Å². The molecule has 1 saturated heterocycles. The largest absolute Gasteiger partial charge is 0.329 e. The molecular formula is C21H26N8OS. The van der Waals surface area contributed by atoms with Crippen LogP contribution in [-0.2, 0) is 17.6 Å². The van der Waals surface area contributed by atoms with Crippen molar-refractivity contribution >= 4 is 40.0 Å². The van der Waals surface area contributed by atoms with Gasteiger partial charge in [0.15, 0.2) is 10.9 Å². The SMILES string of the molecule is CC(C)c1cc(Nc2nc(N3CCC[C@H]3C(=O)Nc3nccs3)nc3c2CCC3)n[nH]1. The summed E-state index contributed by atoms with van der Waals surface area (Å²) >= 11 is 1.42. The van der Waals surface area contributed by atoms with Gasteiger partial charge in [-0.05, 0) is 38.0 Å². The van der Waals surface area contributed by atoms with Crippen LogP contribution in [0.15, 0.2) is 17.6 Å². The highest BCUT2D eigenvalue weighted by atomic mass is 32.1. The highest BCUT2D eigenvalue weighted by molar-refractivity contribution is 7.13. The second kappa shape index (κ2) is 8.26. The summed E-state index contributed by atoms with van der Waals surface area (Å²) in [6.45, 7) is 5.01. The normalized spacial score (nSPS) is 17.9. The lowest BCUT2D eigenvalue weighted by Crippen LogP contribution is -2.40. The quantitative estimate of drug-likeness (QED) is 0.539. The Hall–Kier alpha value is -3.01. The molecule has 1 aliphatic heterocycles. The first-order valence-corrected chi connectivity index (χ1v) is 11.7. The molecule has 3 N–H and O–H groups in total. The summed E-state index contributed by atoms with van der Waals surface area (Å²) in [5, 5.41) is 16.3. The van der Waals surface area contributed by atoms with Gasteiger partial charge in [0, 0.05) is 35.4 Å². The second-order valence-corrected chi connectivity index (χ2v) is 9.21. The maximum absolute atomic E-state index is 12.9. The highest BCUT2D eigenvalue weighted by Crippen LogP contribution is 2.33. The van der Waals surface area contributed by atoms with Crippen LogP contribution in [-0.4, -0.2) is 43.6 Å². The molecule has 2 aliphatic rings. The predicted molar refractivity (Wildman–Crippen MR) is 121 cm³/mol. The van der Waals surface area contributed by atoms with Crippen molar-refractivity contribution in [3.05, 3.63) is 34.6 Å². The number of H-pyrrole nitrogens is 1. The minimum absolute atomic E-state index is 0.0556. The number of fused-ring (bicyclic) bond motifs is 1. The number of aryl methyl sites for hydroxylation is 1. The third-order valence-corrected chi connectivity index (χ3v) is 6.55. The monoisotopic (exact) mass is 438 g/mol. The van der Waals surface area contributed by atoms with Gasteiger partial charge in [-0.25, -0.2) is 9.97 Å². The molecule has 1 atom stereocenters. The Morgan fingerprint density at radius 3 is 2.97 bits per heavy atom. The molecule has 0 saturated carbocycles. The first-order chi connectivity index (χ1) is 15.1. The maximum atomic E-state index is 12.9. The molecule has 10 heteroatoms. The number of anilines is 4. The molecule has 9 nitrogen and oxygen atoms in total. The number of aromatic nitrogens is 5. The molecule has 0 aromatic carbocycles. The van der Waals surface area contributed by atoms with Gasteiger partial charge >= 0.3 is 0 Å². The summed E-state index contributed by atoms with van der Waals surface area (Å²) in [6, 6.07) is 1.72. The van der Waals surface area contributed by atoms with Crippen molar-refractivity contribution in [3.63, 3.8) is 0 Å². The van der Waals surface area contributed by atoms with Gasteiger partial charge in [0.05, 0.1) is 5.69 Å². The average Bonchev–Trinajstić information content (AvgIpc) is 3.53. The van der Waals surface area contributed by atoms with Gasteiger partial charge < -0.3 is 15.5 Å². The van der Waals surface area contributed by atoms with E-state index in [-0.39, 0.29) is 11.9 Å². The Balaban J connectivity index is 1.42. The molecule has 5 rings (SSSR count). The fourth-order valence-corrected chi connectivity index (χ4v) is 4.75. The van der Waals surface area contributed by atoms with E-state index in [0.717, 1.165) is 67.2 Å². The summed E-state index contributed by atoms with van der Waals surface area (Å²) < 4.78 is 0. The molecule has 1 aliphatic carbocycles. The molecule has 3 aromatic heterocycles. The molecular weight excluding hydrogens is 412 g/mol. The molecule has 3 aromatic rings. The van der Waals surface area contributed by atoms with E-state index >= 15 is 0 Å². The van der Waals surface area contributed by atoms with E-state index in [1.807, 2.05) is 16.3 Å². The van der Waals surface area contributed by atoms with Crippen LogP contribution in [0.3, 0.4) is 0 Å². The smallest absolute Gasteiger partial charge is 0.248 e. The summed E-state index contributed by atoms with van der Waals surface area (Å²) in [7, 11) is 0. The Morgan fingerprint density at radius 1 is 1.29 bits per heavy atom. The lowest BCUT2D eigenvalue weighted by molar-refractivity contribution is -0.117. The number of rotatable bonds is 6. The highest BCUT2D eigenvalue weighted by Gasteiger charge is 2.34. The Labute approximate surface area is 184 Å². The van der Waals surface area contributed by atoms with Gasteiger partial charge in [-0.1, -0.05) is 13.8 Å². The minimum atomic E-state index is -0.297. The van der Waals surface area contributed by atoms with Crippen LogP contribution in [0.5, 0.6) is 0 Å². The van der Waals surface area contributed by atoms with Gasteiger partial charge in [0.1, 0.15) is 11.9 Å². The fourth-order valence-electron chi connectivity index (χ4n) is 4.22. The summed E-state index contributed by atoms with van der Waals surface area (Å²) in [6.07, 6.45) is 6.34. The molecule has 162 valence electrons. The Bertz CT molecular complexity index is 1080. The first-order valence-electron chi connectivity index (χ1n) is 10.8. The van der Waals surface area contributed by atoms with Crippen LogP contribution in [0.25, 0.3) is 0 Å². The van der Waals surface area contributed by atoms with Gasteiger partial charge in [0.2, 0.25) is 11.9 Å². The number of carbonyl (C=O) groups excluding carboxylic acids is 1. The number of nitrogens with one attached hydrogen (secondary N) is 3. The summed E-state index contributed by atoms with van der Waals surface area (Å²) in [4.78, 5) is 28.8. The number of aromatic amines is 1. The van der Waals surface area contributed by atoms with Crippen LogP contribution in [0.2, 0.25) is 0 Å². The second-order valence-electron chi connectivity index (χ2n) is 8.32. The van der Waals surface area contributed by atoms with Gasteiger partial charge in [-0.15, -0.1) is 11.3 Å². The third-order valence-electron chi connectivity index (χ3n) is 5.86. The molecule has 0 unspecified atom stereocenters. The van der Waals surface area contributed by atoms with Crippen molar-refractivity contribution < 1.29 is 4.79 Å². The third kappa shape index (κ3) is 3.99. The Kier molecular flexibility index (Phi) is 5.31. The van der Waals surface area contributed by atoms with Gasteiger partial charge in [-0.3, -0.25) is 9.89 Å².